The first kappa shape index (κ1) is 26.2. The van der Waals surface area contributed by atoms with Crippen molar-refractivity contribution < 1.29 is 19.1 Å². The zero-order chi connectivity index (χ0) is 26.5. The molecule has 0 aliphatic carbocycles. The van der Waals surface area contributed by atoms with E-state index in [0.29, 0.717) is 39.1 Å². The van der Waals surface area contributed by atoms with Gasteiger partial charge in [-0.1, -0.05) is 55.5 Å². The van der Waals surface area contributed by atoms with Crippen LogP contribution in [-0.2, 0) is 19.1 Å². The number of hydrogen-bond acceptors (Lipinski definition) is 5. The highest BCUT2D eigenvalue weighted by atomic mass is 16.5. The normalized spacial score (nSPS) is 21.7. The summed E-state index contributed by atoms with van der Waals surface area (Å²) in [7, 11) is 0. The van der Waals surface area contributed by atoms with Gasteiger partial charge in [0.1, 0.15) is 12.1 Å². The molecule has 3 aliphatic heterocycles. The van der Waals surface area contributed by atoms with Crippen molar-refractivity contribution >= 4 is 23.4 Å². The molecule has 2 aromatic rings. The summed E-state index contributed by atoms with van der Waals surface area (Å²) < 4.78 is 5.61. The number of amides is 3. The van der Waals surface area contributed by atoms with E-state index in [2.05, 4.69) is 10.2 Å². The van der Waals surface area contributed by atoms with Crippen LogP contribution in [0, 0.1) is 0 Å². The van der Waals surface area contributed by atoms with E-state index in [9.17, 15) is 14.4 Å². The van der Waals surface area contributed by atoms with Crippen molar-refractivity contribution in [1.82, 2.24) is 15.1 Å². The first-order valence-corrected chi connectivity index (χ1v) is 13.9. The quantitative estimate of drug-likeness (QED) is 0.581. The molecule has 0 bridgehead atoms. The fraction of sp³-hybridized carbons (Fsp3) is 0.500. The van der Waals surface area contributed by atoms with Crippen LogP contribution < -0.4 is 10.2 Å². The van der Waals surface area contributed by atoms with Gasteiger partial charge < -0.3 is 24.8 Å². The Bertz CT molecular complexity index is 1110. The Morgan fingerprint density at radius 2 is 1.74 bits per heavy atom. The van der Waals surface area contributed by atoms with Crippen molar-refractivity contribution in [3.05, 3.63) is 66.2 Å². The van der Waals surface area contributed by atoms with E-state index in [0.717, 1.165) is 37.1 Å². The summed E-state index contributed by atoms with van der Waals surface area (Å²) in [6, 6.07) is 19.8. The minimum atomic E-state index is -0.762. The smallest absolute Gasteiger partial charge is 0.250 e. The number of para-hydroxylation sites is 1. The molecule has 5 rings (SSSR count). The fourth-order valence-electron chi connectivity index (χ4n) is 6.14. The number of nitrogens with zero attached hydrogens (tertiary/aromatic N) is 3. The third-order valence-corrected chi connectivity index (χ3v) is 8.28. The average molecular weight is 519 g/mol. The van der Waals surface area contributed by atoms with Crippen LogP contribution in [0.2, 0.25) is 0 Å². The Labute approximate surface area is 224 Å². The van der Waals surface area contributed by atoms with Gasteiger partial charge in [-0.25, -0.2) is 0 Å². The SMILES string of the molecule is CC[C@H](C(=O)N1CCC2(CC1)C(=O)N(CC(=O)NC[C@H]1CCCO1)CN2c1ccccc1)c1ccccc1. The van der Waals surface area contributed by atoms with Crippen LogP contribution in [0.1, 0.15) is 50.5 Å². The summed E-state index contributed by atoms with van der Waals surface area (Å²) in [6.07, 6.45) is 3.83. The van der Waals surface area contributed by atoms with Gasteiger partial charge in [0.05, 0.1) is 18.7 Å². The maximum Gasteiger partial charge on any atom is 0.250 e. The molecule has 2 aromatic carbocycles. The molecule has 3 aliphatic rings. The van der Waals surface area contributed by atoms with Crippen LogP contribution in [0.4, 0.5) is 5.69 Å². The Kier molecular flexibility index (Phi) is 7.98. The lowest BCUT2D eigenvalue weighted by Crippen LogP contribution is -2.58. The highest BCUT2D eigenvalue weighted by Gasteiger charge is 2.54. The summed E-state index contributed by atoms with van der Waals surface area (Å²) in [5.74, 6) is -0.259. The Hall–Kier alpha value is -3.39. The second-order valence-corrected chi connectivity index (χ2v) is 10.6. The predicted molar refractivity (Wildman–Crippen MR) is 146 cm³/mol. The Morgan fingerprint density at radius 3 is 2.37 bits per heavy atom. The van der Waals surface area contributed by atoms with E-state index in [1.165, 1.54) is 0 Å². The molecule has 8 nitrogen and oxygen atoms in total. The van der Waals surface area contributed by atoms with Gasteiger partial charge in [0.15, 0.2) is 0 Å². The molecule has 3 heterocycles. The molecular weight excluding hydrogens is 480 g/mol. The molecule has 8 heteroatoms. The molecule has 0 unspecified atom stereocenters. The number of carbonyl (C=O) groups excluding carboxylic acids is 3. The van der Waals surface area contributed by atoms with E-state index < -0.39 is 5.54 Å². The van der Waals surface area contributed by atoms with Gasteiger partial charge in [0, 0.05) is 31.9 Å². The first-order valence-electron chi connectivity index (χ1n) is 13.9. The molecule has 0 radical (unpaired) electrons. The minimum absolute atomic E-state index is 0.0190. The number of hydrogen-bond donors (Lipinski definition) is 1. The molecule has 38 heavy (non-hydrogen) atoms. The van der Waals surface area contributed by atoms with Gasteiger partial charge in [0.2, 0.25) is 11.8 Å². The van der Waals surface area contributed by atoms with Crippen LogP contribution in [0.25, 0.3) is 0 Å². The standard InChI is InChI=1S/C30H38N4O4/c1-2-26(23-10-5-3-6-11-23)28(36)32-17-15-30(16-18-32)29(37)33(22-34(30)24-12-7-4-8-13-24)21-27(35)31-20-25-14-9-19-38-25/h3-8,10-13,25-26H,2,9,14-22H2,1H3,(H,31,35)/t25-,26+/m1/s1. The van der Waals surface area contributed by atoms with Crippen LogP contribution in [0.15, 0.2) is 60.7 Å². The van der Waals surface area contributed by atoms with Crippen LogP contribution in [0.3, 0.4) is 0 Å². The lowest BCUT2D eigenvalue weighted by Gasteiger charge is -2.44. The number of ether oxygens (including phenoxy) is 1. The molecule has 3 saturated heterocycles. The van der Waals surface area contributed by atoms with Crippen molar-refractivity contribution in [2.24, 2.45) is 0 Å². The maximum atomic E-state index is 13.9. The number of rotatable bonds is 8. The molecule has 2 atom stereocenters. The number of carbonyl (C=O) groups is 3. The highest BCUT2D eigenvalue weighted by Crippen LogP contribution is 2.40. The second-order valence-electron chi connectivity index (χ2n) is 10.6. The van der Waals surface area contributed by atoms with E-state index in [1.54, 1.807) is 4.90 Å². The maximum absolute atomic E-state index is 13.9. The molecule has 202 valence electrons. The van der Waals surface area contributed by atoms with Crippen LogP contribution >= 0.6 is 0 Å². The van der Waals surface area contributed by atoms with E-state index in [-0.39, 0.29) is 36.3 Å². The Morgan fingerprint density at radius 1 is 1.05 bits per heavy atom. The Balaban J connectivity index is 1.29. The summed E-state index contributed by atoms with van der Waals surface area (Å²) in [6.45, 7) is 4.65. The summed E-state index contributed by atoms with van der Waals surface area (Å²) in [4.78, 5) is 45.9. The minimum Gasteiger partial charge on any atom is -0.376 e. The number of nitrogens with one attached hydrogen (secondary N) is 1. The zero-order valence-corrected chi connectivity index (χ0v) is 22.2. The van der Waals surface area contributed by atoms with Gasteiger partial charge in [-0.05, 0) is 49.8 Å². The first-order chi connectivity index (χ1) is 18.5. The van der Waals surface area contributed by atoms with Crippen molar-refractivity contribution in [3.8, 4) is 0 Å². The van der Waals surface area contributed by atoms with Gasteiger partial charge in [0.25, 0.3) is 5.91 Å². The van der Waals surface area contributed by atoms with Crippen molar-refractivity contribution in [1.29, 1.82) is 0 Å². The van der Waals surface area contributed by atoms with E-state index in [4.69, 9.17) is 4.74 Å². The topological polar surface area (TPSA) is 82.2 Å². The fourth-order valence-corrected chi connectivity index (χ4v) is 6.14. The predicted octanol–water partition coefficient (Wildman–Crippen LogP) is 3.14. The third-order valence-electron chi connectivity index (χ3n) is 8.28. The molecule has 0 aromatic heterocycles. The van der Waals surface area contributed by atoms with Crippen molar-refractivity contribution in [3.63, 3.8) is 0 Å². The molecule has 0 saturated carbocycles. The average Bonchev–Trinajstić information content (AvgIpc) is 3.57. The zero-order valence-electron chi connectivity index (χ0n) is 22.2. The van der Waals surface area contributed by atoms with Crippen molar-refractivity contribution in [2.75, 3.05) is 44.4 Å². The monoisotopic (exact) mass is 518 g/mol. The lowest BCUT2D eigenvalue weighted by molar-refractivity contribution is -0.140. The largest absolute Gasteiger partial charge is 0.376 e. The van der Waals surface area contributed by atoms with Crippen molar-refractivity contribution in [2.45, 2.75) is 56.6 Å². The van der Waals surface area contributed by atoms with Crippen LogP contribution in [-0.4, -0.2) is 78.6 Å². The summed E-state index contributed by atoms with van der Waals surface area (Å²) in [5, 5.41) is 2.95. The molecule has 3 amide bonds. The third kappa shape index (κ3) is 5.27. The molecule has 1 spiro atoms. The van der Waals surface area contributed by atoms with Crippen LogP contribution in [0.5, 0.6) is 0 Å². The van der Waals surface area contributed by atoms with E-state index in [1.807, 2.05) is 72.5 Å². The van der Waals surface area contributed by atoms with E-state index >= 15 is 0 Å². The molecule has 1 N–H and O–H groups in total. The van der Waals surface area contributed by atoms with Gasteiger partial charge in [-0.15, -0.1) is 0 Å². The van der Waals surface area contributed by atoms with Gasteiger partial charge in [-0.2, -0.15) is 0 Å². The molecular formula is C30H38N4O4. The van der Waals surface area contributed by atoms with Gasteiger partial charge >= 0.3 is 0 Å². The summed E-state index contributed by atoms with van der Waals surface area (Å²) in [5.41, 5.74) is 1.23. The number of likely N-dealkylation sites (tertiary alicyclic amines) is 1. The summed E-state index contributed by atoms with van der Waals surface area (Å²) >= 11 is 0. The number of piperidine rings is 1. The molecule has 3 fully saturated rings. The highest BCUT2D eigenvalue weighted by molar-refractivity contribution is 5.96. The number of benzene rings is 2. The van der Waals surface area contributed by atoms with Gasteiger partial charge in [-0.3, -0.25) is 14.4 Å². The lowest BCUT2D eigenvalue weighted by atomic mass is 9.84. The number of anilines is 1. The second kappa shape index (κ2) is 11.6.